The van der Waals surface area contributed by atoms with Crippen molar-refractivity contribution in [2.75, 3.05) is 11.5 Å². The SMILES string of the molecule is Cc1ccccc1-n1ccnc1SCCS(=O)(=O)c1ccccc1. The number of benzene rings is 2. The molecule has 0 unspecified atom stereocenters. The van der Waals surface area contributed by atoms with Crippen LogP contribution in [0.3, 0.4) is 0 Å². The van der Waals surface area contributed by atoms with Crippen LogP contribution in [0.1, 0.15) is 5.56 Å². The zero-order valence-corrected chi connectivity index (χ0v) is 14.9. The van der Waals surface area contributed by atoms with Crippen LogP contribution in [-0.4, -0.2) is 29.5 Å². The molecule has 3 rings (SSSR count). The highest BCUT2D eigenvalue weighted by Gasteiger charge is 2.15. The number of hydrogen-bond acceptors (Lipinski definition) is 4. The molecule has 0 aliphatic rings. The van der Waals surface area contributed by atoms with Crippen molar-refractivity contribution in [3.63, 3.8) is 0 Å². The largest absolute Gasteiger partial charge is 0.295 e. The lowest BCUT2D eigenvalue weighted by atomic mass is 10.2. The third-order valence-electron chi connectivity index (χ3n) is 3.67. The second-order valence-electron chi connectivity index (χ2n) is 5.35. The maximum Gasteiger partial charge on any atom is 0.179 e. The van der Waals surface area contributed by atoms with Crippen molar-refractivity contribution in [2.24, 2.45) is 0 Å². The number of nitrogens with zero attached hydrogens (tertiary/aromatic N) is 2. The Labute approximate surface area is 146 Å². The van der Waals surface area contributed by atoms with Crippen LogP contribution >= 0.6 is 11.8 Å². The highest BCUT2D eigenvalue weighted by molar-refractivity contribution is 8.00. The molecule has 0 saturated carbocycles. The zero-order chi connectivity index (χ0) is 17.0. The first-order valence-electron chi connectivity index (χ1n) is 7.58. The summed E-state index contributed by atoms with van der Waals surface area (Å²) < 4.78 is 26.7. The molecule has 0 N–H and O–H groups in total. The summed E-state index contributed by atoms with van der Waals surface area (Å²) >= 11 is 1.45. The molecule has 0 aliphatic heterocycles. The van der Waals surface area contributed by atoms with Crippen molar-refractivity contribution in [3.8, 4) is 5.69 Å². The van der Waals surface area contributed by atoms with Crippen molar-refractivity contribution in [1.82, 2.24) is 9.55 Å². The average Bonchev–Trinajstić information content (AvgIpc) is 3.04. The van der Waals surface area contributed by atoms with Crippen LogP contribution in [0.2, 0.25) is 0 Å². The number of aromatic nitrogens is 2. The van der Waals surface area contributed by atoms with Crippen LogP contribution in [0.5, 0.6) is 0 Å². The zero-order valence-electron chi connectivity index (χ0n) is 13.3. The molecular formula is C18H18N2O2S2. The molecule has 0 aliphatic carbocycles. The monoisotopic (exact) mass is 358 g/mol. The number of sulfone groups is 1. The summed E-state index contributed by atoms with van der Waals surface area (Å²) in [6, 6.07) is 16.6. The molecule has 0 bridgehead atoms. The van der Waals surface area contributed by atoms with Crippen LogP contribution in [-0.2, 0) is 9.84 Å². The van der Waals surface area contributed by atoms with Gasteiger partial charge in [0.05, 0.1) is 16.3 Å². The Morgan fingerprint density at radius 3 is 2.50 bits per heavy atom. The van der Waals surface area contributed by atoms with Gasteiger partial charge >= 0.3 is 0 Å². The highest BCUT2D eigenvalue weighted by atomic mass is 32.2. The Morgan fingerprint density at radius 2 is 1.75 bits per heavy atom. The molecule has 124 valence electrons. The van der Waals surface area contributed by atoms with Crippen molar-refractivity contribution >= 4 is 21.6 Å². The van der Waals surface area contributed by atoms with Crippen LogP contribution < -0.4 is 0 Å². The van der Waals surface area contributed by atoms with Crippen molar-refractivity contribution in [1.29, 1.82) is 0 Å². The Balaban J connectivity index is 1.71. The summed E-state index contributed by atoms with van der Waals surface area (Å²) in [4.78, 5) is 4.73. The maximum absolute atomic E-state index is 12.3. The van der Waals surface area contributed by atoms with Gasteiger partial charge in [-0.2, -0.15) is 0 Å². The van der Waals surface area contributed by atoms with Gasteiger partial charge in [-0.3, -0.25) is 4.57 Å². The number of aryl methyl sites for hydroxylation is 1. The first kappa shape index (κ1) is 16.8. The van der Waals surface area contributed by atoms with Gasteiger partial charge in [-0.05, 0) is 30.7 Å². The van der Waals surface area contributed by atoms with E-state index >= 15 is 0 Å². The van der Waals surface area contributed by atoms with E-state index in [1.807, 2.05) is 48.0 Å². The van der Waals surface area contributed by atoms with E-state index in [1.54, 1.807) is 30.5 Å². The van der Waals surface area contributed by atoms with Gasteiger partial charge in [-0.25, -0.2) is 13.4 Å². The minimum absolute atomic E-state index is 0.0856. The summed E-state index contributed by atoms with van der Waals surface area (Å²) in [6.07, 6.45) is 3.64. The maximum atomic E-state index is 12.3. The fourth-order valence-electron chi connectivity index (χ4n) is 2.40. The van der Waals surface area contributed by atoms with Crippen molar-refractivity contribution < 1.29 is 8.42 Å². The lowest BCUT2D eigenvalue weighted by molar-refractivity contribution is 0.597. The van der Waals surface area contributed by atoms with Gasteiger partial charge in [0.2, 0.25) is 0 Å². The molecule has 0 spiro atoms. The van der Waals surface area contributed by atoms with Crippen molar-refractivity contribution in [2.45, 2.75) is 17.0 Å². The number of imidazole rings is 1. The molecule has 24 heavy (non-hydrogen) atoms. The lowest BCUT2D eigenvalue weighted by Gasteiger charge is -2.10. The Bertz CT molecular complexity index is 919. The first-order valence-corrected chi connectivity index (χ1v) is 10.2. The highest BCUT2D eigenvalue weighted by Crippen LogP contribution is 2.23. The smallest absolute Gasteiger partial charge is 0.179 e. The third kappa shape index (κ3) is 3.71. The van der Waals surface area contributed by atoms with Crippen molar-refractivity contribution in [3.05, 3.63) is 72.6 Å². The fraction of sp³-hybridized carbons (Fsp3) is 0.167. The lowest BCUT2D eigenvalue weighted by Crippen LogP contribution is -2.09. The van der Waals surface area contributed by atoms with E-state index in [2.05, 4.69) is 4.98 Å². The van der Waals surface area contributed by atoms with Gasteiger partial charge < -0.3 is 0 Å². The number of para-hydroxylation sites is 1. The van der Waals surface area contributed by atoms with Gasteiger partial charge in [-0.15, -0.1) is 0 Å². The molecule has 6 heteroatoms. The van der Waals surface area contributed by atoms with Crippen LogP contribution in [0.25, 0.3) is 5.69 Å². The summed E-state index contributed by atoms with van der Waals surface area (Å²) in [5.41, 5.74) is 2.21. The molecule has 0 amide bonds. The average molecular weight is 358 g/mol. The predicted molar refractivity (Wildman–Crippen MR) is 97.5 cm³/mol. The van der Waals surface area contributed by atoms with E-state index in [0.29, 0.717) is 10.6 Å². The molecule has 4 nitrogen and oxygen atoms in total. The van der Waals surface area contributed by atoms with Gasteiger partial charge in [0.1, 0.15) is 0 Å². The molecule has 0 fully saturated rings. The second-order valence-corrected chi connectivity index (χ2v) is 8.52. The van der Waals surface area contributed by atoms with Crippen LogP contribution in [0.4, 0.5) is 0 Å². The molecule has 0 atom stereocenters. The summed E-state index contributed by atoms with van der Waals surface area (Å²) in [5.74, 6) is 0.544. The number of rotatable bonds is 6. The van der Waals surface area contributed by atoms with E-state index in [9.17, 15) is 8.42 Å². The van der Waals surface area contributed by atoms with E-state index < -0.39 is 9.84 Å². The summed E-state index contributed by atoms with van der Waals surface area (Å²) in [7, 11) is -3.26. The van der Waals surface area contributed by atoms with E-state index in [-0.39, 0.29) is 5.75 Å². The number of thioether (sulfide) groups is 1. The van der Waals surface area contributed by atoms with Gasteiger partial charge in [-0.1, -0.05) is 48.2 Å². The molecule has 2 aromatic carbocycles. The van der Waals surface area contributed by atoms with E-state index in [0.717, 1.165) is 16.4 Å². The summed E-state index contributed by atoms with van der Waals surface area (Å²) in [5, 5.41) is 0.799. The number of hydrogen-bond donors (Lipinski definition) is 0. The molecular weight excluding hydrogens is 340 g/mol. The second kappa shape index (κ2) is 7.23. The van der Waals surface area contributed by atoms with Gasteiger partial charge in [0, 0.05) is 18.1 Å². The molecule has 1 aromatic heterocycles. The normalized spacial score (nSPS) is 11.5. The predicted octanol–water partition coefficient (Wildman–Crippen LogP) is 3.75. The molecule has 0 radical (unpaired) electrons. The first-order chi connectivity index (χ1) is 11.6. The Hall–Kier alpha value is -2.05. The van der Waals surface area contributed by atoms with Crippen LogP contribution in [0, 0.1) is 6.92 Å². The minimum atomic E-state index is -3.26. The summed E-state index contributed by atoms with van der Waals surface area (Å²) in [6.45, 7) is 2.05. The topological polar surface area (TPSA) is 52.0 Å². The Kier molecular flexibility index (Phi) is 5.06. The molecule has 3 aromatic rings. The minimum Gasteiger partial charge on any atom is -0.295 e. The standard InChI is InChI=1S/C18H18N2O2S2/c1-15-7-5-6-10-17(15)20-12-11-19-18(20)23-13-14-24(21,22)16-8-3-2-4-9-16/h2-12H,13-14H2,1H3. The molecule has 0 saturated heterocycles. The van der Waals surface area contributed by atoms with Crippen LogP contribution in [0.15, 0.2) is 77.0 Å². The quantitative estimate of drug-likeness (QED) is 0.630. The van der Waals surface area contributed by atoms with E-state index in [1.165, 1.54) is 11.8 Å². The van der Waals surface area contributed by atoms with Gasteiger partial charge in [0.25, 0.3) is 0 Å². The fourth-order valence-corrected chi connectivity index (χ4v) is 5.04. The third-order valence-corrected chi connectivity index (χ3v) is 6.63. The van der Waals surface area contributed by atoms with E-state index in [4.69, 9.17) is 0 Å². The Morgan fingerprint density at radius 1 is 1.04 bits per heavy atom. The van der Waals surface area contributed by atoms with Gasteiger partial charge in [0.15, 0.2) is 15.0 Å². The molecule has 1 heterocycles.